The normalized spacial score (nSPS) is 20.5. The molecule has 2 aliphatic rings. The van der Waals surface area contributed by atoms with Crippen LogP contribution in [0, 0.1) is 5.92 Å². The highest BCUT2D eigenvalue weighted by Crippen LogP contribution is 2.36. The van der Waals surface area contributed by atoms with Crippen LogP contribution in [0.3, 0.4) is 0 Å². The Hall–Kier alpha value is -1.55. The van der Waals surface area contributed by atoms with Crippen molar-refractivity contribution >= 4 is 11.6 Å². The molecule has 3 rings (SSSR count). The minimum atomic E-state index is 0.158. The van der Waals surface area contributed by atoms with Crippen molar-refractivity contribution in [2.75, 3.05) is 25.1 Å². The van der Waals surface area contributed by atoms with Gasteiger partial charge in [-0.15, -0.1) is 0 Å². The van der Waals surface area contributed by atoms with Gasteiger partial charge in [-0.1, -0.05) is 12.1 Å². The van der Waals surface area contributed by atoms with Gasteiger partial charge in [-0.2, -0.15) is 0 Å². The SMILES string of the molecule is CNC(CN1C(=O)CCOc2ccccc21)C1CC1. The lowest BCUT2D eigenvalue weighted by molar-refractivity contribution is -0.118. The molecule has 4 nitrogen and oxygen atoms in total. The number of likely N-dealkylation sites (N-methyl/N-ethyl adjacent to an activating group) is 1. The second kappa shape index (κ2) is 5.21. The number of rotatable bonds is 4. The van der Waals surface area contributed by atoms with Crippen molar-refractivity contribution in [3.63, 3.8) is 0 Å². The molecule has 1 fully saturated rings. The Bertz CT molecular complexity index is 471. The van der Waals surface area contributed by atoms with Gasteiger partial charge in [0.05, 0.1) is 18.7 Å². The summed E-state index contributed by atoms with van der Waals surface area (Å²) in [5, 5.41) is 3.35. The second-order valence-electron chi connectivity index (χ2n) is 5.30. The zero-order valence-corrected chi connectivity index (χ0v) is 11.3. The lowest BCUT2D eigenvalue weighted by Crippen LogP contribution is -2.43. The minimum Gasteiger partial charge on any atom is -0.491 e. The Morgan fingerprint density at radius 1 is 1.42 bits per heavy atom. The number of nitrogens with zero attached hydrogens (tertiary/aromatic N) is 1. The first-order chi connectivity index (χ1) is 9.29. The third-order valence-corrected chi connectivity index (χ3v) is 3.97. The van der Waals surface area contributed by atoms with E-state index in [1.54, 1.807) is 0 Å². The number of ether oxygens (including phenoxy) is 1. The standard InChI is InChI=1S/C15H20N2O2/c1-16-12(11-6-7-11)10-17-13-4-2-3-5-14(13)19-9-8-15(17)18/h2-5,11-12,16H,6-10H2,1H3. The summed E-state index contributed by atoms with van der Waals surface area (Å²) in [6.07, 6.45) is 2.99. The molecule has 1 amide bonds. The first-order valence-electron chi connectivity index (χ1n) is 6.99. The Morgan fingerprint density at radius 2 is 2.21 bits per heavy atom. The van der Waals surface area contributed by atoms with E-state index in [2.05, 4.69) is 5.32 Å². The van der Waals surface area contributed by atoms with E-state index in [9.17, 15) is 4.79 Å². The number of hydrogen-bond donors (Lipinski definition) is 1. The Labute approximate surface area is 113 Å². The van der Waals surface area contributed by atoms with Crippen LogP contribution in [0.4, 0.5) is 5.69 Å². The predicted molar refractivity (Wildman–Crippen MR) is 74.5 cm³/mol. The lowest BCUT2D eigenvalue weighted by Gasteiger charge is -2.27. The summed E-state index contributed by atoms with van der Waals surface area (Å²) in [5.74, 6) is 1.69. The van der Waals surface area contributed by atoms with Gasteiger partial charge >= 0.3 is 0 Å². The highest BCUT2D eigenvalue weighted by molar-refractivity contribution is 5.95. The summed E-state index contributed by atoms with van der Waals surface area (Å²) in [4.78, 5) is 14.2. The average Bonchev–Trinajstić information content (AvgIpc) is 3.25. The van der Waals surface area contributed by atoms with Crippen molar-refractivity contribution in [2.45, 2.75) is 25.3 Å². The summed E-state index contributed by atoms with van der Waals surface area (Å²) in [5.41, 5.74) is 0.908. The van der Waals surface area contributed by atoms with Gasteiger partial charge in [-0.25, -0.2) is 0 Å². The molecular weight excluding hydrogens is 240 g/mol. The highest BCUT2D eigenvalue weighted by atomic mass is 16.5. The zero-order chi connectivity index (χ0) is 13.2. The summed E-state index contributed by atoms with van der Waals surface area (Å²) in [6, 6.07) is 8.20. The molecular formula is C15H20N2O2. The highest BCUT2D eigenvalue weighted by Gasteiger charge is 2.34. The molecule has 1 aliphatic heterocycles. The van der Waals surface area contributed by atoms with Gasteiger partial charge in [0, 0.05) is 12.6 Å². The van der Waals surface area contributed by atoms with Crippen molar-refractivity contribution in [1.29, 1.82) is 0 Å². The smallest absolute Gasteiger partial charge is 0.230 e. The topological polar surface area (TPSA) is 41.6 Å². The molecule has 1 atom stereocenters. The fourth-order valence-electron chi connectivity index (χ4n) is 2.69. The van der Waals surface area contributed by atoms with Gasteiger partial charge in [0.1, 0.15) is 5.75 Å². The molecule has 1 aromatic rings. The molecule has 0 radical (unpaired) electrons. The third-order valence-electron chi connectivity index (χ3n) is 3.97. The van der Waals surface area contributed by atoms with Gasteiger partial charge < -0.3 is 15.0 Å². The molecule has 0 spiro atoms. The van der Waals surface area contributed by atoms with E-state index < -0.39 is 0 Å². The van der Waals surface area contributed by atoms with Crippen LogP contribution in [-0.4, -0.2) is 32.1 Å². The van der Waals surface area contributed by atoms with Crippen LogP contribution in [0.2, 0.25) is 0 Å². The average molecular weight is 260 g/mol. The molecule has 1 heterocycles. The molecule has 0 saturated heterocycles. The van der Waals surface area contributed by atoms with E-state index in [0.717, 1.165) is 18.0 Å². The van der Waals surface area contributed by atoms with Crippen LogP contribution < -0.4 is 15.0 Å². The lowest BCUT2D eigenvalue weighted by atomic mass is 10.1. The number of fused-ring (bicyclic) bond motifs is 1. The largest absolute Gasteiger partial charge is 0.491 e. The molecule has 1 aliphatic carbocycles. The monoisotopic (exact) mass is 260 g/mol. The molecule has 19 heavy (non-hydrogen) atoms. The van der Waals surface area contributed by atoms with Crippen molar-refractivity contribution in [3.05, 3.63) is 24.3 Å². The van der Waals surface area contributed by atoms with E-state index in [4.69, 9.17) is 4.74 Å². The quantitative estimate of drug-likeness (QED) is 0.897. The molecule has 1 N–H and O–H groups in total. The van der Waals surface area contributed by atoms with E-state index in [1.165, 1.54) is 12.8 Å². The maximum Gasteiger partial charge on any atom is 0.230 e. The van der Waals surface area contributed by atoms with Crippen molar-refractivity contribution in [1.82, 2.24) is 5.32 Å². The molecule has 0 aromatic heterocycles. The van der Waals surface area contributed by atoms with Crippen molar-refractivity contribution in [2.24, 2.45) is 5.92 Å². The second-order valence-corrected chi connectivity index (χ2v) is 5.30. The van der Waals surface area contributed by atoms with Crippen LogP contribution in [0.1, 0.15) is 19.3 Å². The minimum absolute atomic E-state index is 0.158. The fourth-order valence-corrected chi connectivity index (χ4v) is 2.69. The first-order valence-corrected chi connectivity index (χ1v) is 6.99. The Morgan fingerprint density at radius 3 is 2.95 bits per heavy atom. The van der Waals surface area contributed by atoms with E-state index in [0.29, 0.717) is 25.0 Å². The van der Waals surface area contributed by atoms with E-state index in [1.807, 2.05) is 36.2 Å². The molecule has 4 heteroatoms. The van der Waals surface area contributed by atoms with Gasteiger partial charge in [0.25, 0.3) is 0 Å². The van der Waals surface area contributed by atoms with Gasteiger partial charge in [-0.3, -0.25) is 4.79 Å². The van der Waals surface area contributed by atoms with Crippen LogP contribution in [0.15, 0.2) is 24.3 Å². The number of para-hydroxylation sites is 2. The number of amides is 1. The fraction of sp³-hybridized carbons (Fsp3) is 0.533. The maximum absolute atomic E-state index is 12.3. The number of benzene rings is 1. The first kappa shape index (κ1) is 12.5. The summed E-state index contributed by atoms with van der Waals surface area (Å²) >= 11 is 0. The molecule has 0 bridgehead atoms. The zero-order valence-electron chi connectivity index (χ0n) is 11.3. The number of carbonyl (C=O) groups excluding carboxylic acids is 1. The van der Waals surface area contributed by atoms with Gasteiger partial charge in [0.2, 0.25) is 5.91 Å². The number of anilines is 1. The van der Waals surface area contributed by atoms with Crippen LogP contribution in [0.5, 0.6) is 5.75 Å². The van der Waals surface area contributed by atoms with E-state index >= 15 is 0 Å². The molecule has 1 unspecified atom stereocenters. The van der Waals surface area contributed by atoms with Gasteiger partial charge in [0.15, 0.2) is 0 Å². The summed E-state index contributed by atoms with van der Waals surface area (Å²) < 4.78 is 5.66. The van der Waals surface area contributed by atoms with Crippen LogP contribution in [-0.2, 0) is 4.79 Å². The van der Waals surface area contributed by atoms with Gasteiger partial charge in [-0.05, 0) is 37.9 Å². The number of hydrogen-bond acceptors (Lipinski definition) is 3. The predicted octanol–water partition coefficient (Wildman–Crippen LogP) is 1.80. The van der Waals surface area contributed by atoms with Crippen molar-refractivity contribution < 1.29 is 9.53 Å². The van der Waals surface area contributed by atoms with Crippen LogP contribution >= 0.6 is 0 Å². The number of carbonyl (C=O) groups is 1. The molecule has 102 valence electrons. The molecule has 1 aromatic carbocycles. The van der Waals surface area contributed by atoms with E-state index in [-0.39, 0.29) is 5.91 Å². The maximum atomic E-state index is 12.3. The molecule has 1 saturated carbocycles. The van der Waals surface area contributed by atoms with Crippen LogP contribution in [0.25, 0.3) is 0 Å². The number of nitrogens with one attached hydrogen (secondary N) is 1. The third kappa shape index (κ3) is 2.59. The van der Waals surface area contributed by atoms with Crippen molar-refractivity contribution in [3.8, 4) is 5.75 Å². The Balaban J connectivity index is 1.86. The Kier molecular flexibility index (Phi) is 3.42. The summed E-state index contributed by atoms with van der Waals surface area (Å²) in [6.45, 7) is 1.21. The summed E-state index contributed by atoms with van der Waals surface area (Å²) in [7, 11) is 1.98.